The van der Waals surface area contributed by atoms with E-state index in [2.05, 4.69) is 13.8 Å². The summed E-state index contributed by atoms with van der Waals surface area (Å²) in [6.07, 6.45) is 8.89. The Bertz CT molecular complexity index is 884. The molecule has 2 rings (SSSR count). The molecule has 1 saturated heterocycles. The van der Waals surface area contributed by atoms with Crippen LogP contribution in [0.25, 0.3) is 6.08 Å². The number of aliphatic carboxylic acids is 1. The minimum absolute atomic E-state index is 0.0756. The number of carboxylic acid groups (broad SMARTS) is 1. The van der Waals surface area contributed by atoms with E-state index in [1.807, 2.05) is 18.2 Å². The van der Waals surface area contributed by atoms with Crippen LogP contribution in [-0.2, 0) is 9.59 Å². The maximum Gasteiger partial charge on any atom is 0.327 e. The molecule has 1 aromatic rings. The minimum Gasteiger partial charge on any atom is -0.493 e. The zero-order valence-electron chi connectivity index (χ0n) is 20.1. The molecule has 1 aliphatic heterocycles. The molecule has 33 heavy (non-hydrogen) atoms. The highest BCUT2D eigenvalue weighted by Crippen LogP contribution is 2.37. The first-order valence-corrected chi connectivity index (χ1v) is 12.8. The van der Waals surface area contributed by atoms with E-state index in [-0.39, 0.29) is 22.2 Å². The Morgan fingerprint density at radius 2 is 1.88 bits per heavy atom. The van der Waals surface area contributed by atoms with Gasteiger partial charge in [-0.1, -0.05) is 76.5 Å². The number of rotatable bonds is 13. The maximum atomic E-state index is 12.9. The normalized spacial score (nSPS) is 17.0. The zero-order valence-corrected chi connectivity index (χ0v) is 21.8. The van der Waals surface area contributed by atoms with Crippen LogP contribution >= 0.6 is 24.0 Å². The number of carbonyl (C=O) groups excluding carboxylic acids is 1. The molecule has 1 aliphatic rings. The van der Waals surface area contributed by atoms with Gasteiger partial charge in [-0.25, -0.2) is 4.79 Å². The number of carboxylic acids is 1. The number of amides is 1. The molecule has 1 fully saturated rings. The van der Waals surface area contributed by atoms with Crippen molar-refractivity contribution in [1.82, 2.24) is 4.90 Å². The van der Waals surface area contributed by atoms with Crippen molar-refractivity contribution in [1.29, 1.82) is 0 Å². The number of ether oxygens (including phenoxy) is 2. The van der Waals surface area contributed by atoms with Gasteiger partial charge < -0.3 is 14.6 Å². The SMILES string of the molecule is CCCCCCC[C@H](C)Oc1ccc(/C=C2/SC(=S)N([C@H](C(=O)O)C(C)C)C2=O)cc1OC. The van der Waals surface area contributed by atoms with Gasteiger partial charge in [0.2, 0.25) is 0 Å². The number of nitrogens with zero attached hydrogens (tertiary/aromatic N) is 1. The largest absolute Gasteiger partial charge is 0.493 e. The van der Waals surface area contributed by atoms with Crippen molar-refractivity contribution in [2.45, 2.75) is 78.4 Å². The summed E-state index contributed by atoms with van der Waals surface area (Å²) in [5.41, 5.74) is 0.753. The van der Waals surface area contributed by atoms with E-state index in [9.17, 15) is 14.7 Å². The number of methoxy groups -OCH3 is 1. The lowest BCUT2D eigenvalue weighted by Crippen LogP contribution is -2.47. The molecule has 2 atom stereocenters. The van der Waals surface area contributed by atoms with Gasteiger partial charge in [-0.05, 0) is 49.5 Å². The average molecular weight is 494 g/mol. The summed E-state index contributed by atoms with van der Waals surface area (Å²) in [6, 6.07) is 4.52. The number of thioether (sulfide) groups is 1. The predicted octanol–water partition coefficient (Wildman–Crippen LogP) is 6.13. The molecule has 6 nitrogen and oxygen atoms in total. The molecule has 0 aromatic heterocycles. The molecule has 1 heterocycles. The number of benzene rings is 1. The first kappa shape index (κ1) is 27.2. The summed E-state index contributed by atoms with van der Waals surface area (Å²) in [5.74, 6) is -0.474. The van der Waals surface area contributed by atoms with Crippen LogP contribution in [0.15, 0.2) is 23.1 Å². The third-order valence-corrected chi connectivity index (χ3v) is 6.84. The van der Waals surface area contributed by atoms with Gasteiger partial charge >= 0.3 is 5.97 Å². The van der Waals surface area contributed by atoms with Gasteiger partial charge in [-0.3, -0.25) is 9.69 Å². The van der Waals surface area contributed by atoms with Gasteiger partial charge in [0.25, 0.3) is 5.91 Å². The Morgan fingerprint density at radius 3 is 2.48 bits per heavy atom. The molecule has 8 heteroatoms. The van der Waals surface area contributed by atoms with Crippen molar-refractivity contribution >= 4 is 46.3 Å². The summed E-state index contributed by atoms with van der Waals surface area (Å²) in [4.78, 5) is 26.2. The fraction of sp³-hybridized carbons (Fsp3) is 0.560. The van der Waals surface area contributed by atoms with Crippen LogP contribution in [0.2, 0.25) is 0 Å². The number of unbranched alkanes of at least 4 members (excludes halogenated alkanes) is 4. The van der Waals surface area contributed by atoms with Crippen molar-refractivity contribution in [2.24, 2.45) is 5.92 Å². The Labute approximate surface area is 206 Å². The van der Waals surface area contributed by atoms with Gasteiger partial charge in [0.15, 0.2) is 11.5 Å². The lowest BCUT2D eigenvalue weighted by molar-refractivity contribution is -0.146. The summed E-state index contributed by atoms with van der Waals surface area (Å²) in [5, 5.41) is 9.57. The van der Waals surface area contributed by atoms with E-state index in [4.69, 9.17) is 21.7 Å². The molecular formula is C25H35NO5S2. The van der Waals surface area contributed by atoms with E-state index in [1.165, 1.54) is 30.6 Å². The van der Waals surface area contributed by atoms with E-state index in [0.29, 0.717) is 16.4 Å². The fourth-order valence-electron chi connectivity index (χ4n) is 3.75. The zero-order chi connectivity index (χ0) is 24.5. The highest BCUT2D eigenvalue weighted by atomic mass is 32.2. The van der Waals surface area contributed by atoms with Crippen molar-refractivity contribution in [3.63, 3.8) is 0 Å². The van der Waals surface area contributed by atoms with Crippen molar-refractivity contribution in [3.05, 3.63) is 28.7 Å². The molecule has 182 valence electrons. The second kappa shape index (κ2) is 13.0. The molecule has 0 aliphatic carbocycles. The fourth-order valence-corrected chi connectivity index (χ4v) is 5.08. The van der Waals surface area contributed by atoms with E-state index >= 15 is 0 Å². The molecular weight excluding hydrogens is 458 g/mol. The van der Waals surface area contributed by atoms with Crippen molar-refractivity contribution in [3.8, 4) is 11.5 Å². The second-order valence-electron chi connectivity index (χ2n) is 8.62. The summed E-state index contributed by atoms with van der Waals surface area (Å²) >= 11 is 6.44. The van der Waals surface area contributed by atoms with Crippen LogP contribution in [0.5, 0.6) is 11.5 Å². The van der Waals surface area contributed by atoms with E-state index in [1.54, 1.807) is 27.0 Å². The molecule has 0 saturated carbocycles. The van der Waals surface area contributed by atoms with Crippen LogP contribution in [-0.4, -0.2) is 45.5 Å². The number of carbonyl (C=O) groups is 2. The van der Waals surface area contributed by atoms with Crippen molar-refractivity contribution in [2.75, 3.05) is 7.11 Å². The predicted molar refractivity (Wildman–Crippen MR) is 138 cm³/mol. The molecule has 0 bridgehead atoms. The van der Waals surface area contributed by atoms with Crippen molar-refractivity contribution < 1.29 is 24.2 Å². The van der Waals surface area contributed by atoms with Gasteiger partial charge in [0, 0.05) is 0 Å². The maximum absolute atomic E-state index is 12.9. The second-order valence-corrected chi connectivity index (χ2v) is 10.3. The summed E-state index contributed by atoms with van der Waals surface area (Å²) in [7, 11) is 1.58. The molecule has 1 aromatic carbocycles. The van der Waals surface area contributed by atoms with Crippen LogP contribution in [0.3, 0.4) is 0 Å². The summed E-state index contributed by atoms with van der Waals surface area (Å²) < 4.78 is 11.9. The first-order chi connectivity index (χ1) is 15.7. The Balaban J connectivity index is 2.11. The molecule has 0 spiro atoms. The molecule has 0 radical (unpaired) electrons. The molecule has 0 unspecified atom stereocenters. The van der Waals surface area contributed by atoms with Gasteiger partial charge in [0.05, 0.1) is 18.1 Å². The number of hydrogen-bond acceptors (Lipinski definition) is 6. The van der Waals surface area contributed by atoms with Gasteiger partial charge in [0.1, 0.15) is 10.4 Å². The quantitative estimate of drug-likeness (QED) is 0.201. The van der Waals surface area contributed by atoms with Crippen LogP contribution in [0, 0.1) is 5.92 Å². The highest BCUT2D eigenvalue weighted by Gasteiger charge is 2.41. The molecule has 1 amide bonds. The third-order valence-electron chi connectivity index (χ3n) is 5.51. The molecule has 1 N–H and O–H groups in total. The lowest BCUT2D eigenvalue weighted by atomic mass is 10.0. The van der Waals surface area contributed by atoms with E-state index < -0.39 is 12.0 Å². The van der Waals surface area contributed by atoms with Gasteiger partial charge in [-0.15, -0.1) is 0 Å². The van der Waals surface area contributed by atoms with Crippen LogP contribution in [0.1, 0.15) is 71.8 Å². The average Bonchev–Trinajstić information content (AvgIpc) is 3.02. The van der Waals surface area contributed by atoms with Gasteiger partial charge in [-0.2, -0.15) is 0 Å². The minimum atomic E-state index is -1.06. The highest BCUT2D eigenvalue weighted by molar-refractivity contribution is 8.26. The lowest BCUT2D eigenvalue weighted by Gasteiger charge is -2.26. The monoisotopic (exact) mass is 493 g/mol. The van der Waals surface area contributed by atoms with Crippen LogP contribution in [0.4, 0.5) is 0 Å². The van der Waals surface area contributed by atoms with E-state index in [0.717, 1.165) is 30.2 Å². The Kier molecular flexibility index (Phi) is 10.7. The smallest absolute Gasteiger partial charge is 0.327 e. The first-order valence-electron chi connectivity index (χ1n) is 11.5. The third kappa shape index (κ3) is 7.47. The van der Waals surface area contributed by atoms with Crippen LogP contribution < -0.4 is 9.47 Å². The summed E-state index contributed by atoms with van der Waals surface area (Å²) in [6.45, 7) is 7.79. The number of hydrogen-bond donors (Lipinski definition) is 1. The standard InChI is InChI=1S/C25H35NO5S2/c1-6-7-8-9-10-11-17(4)31-19-13-12-18(14-20(19)30-5)15-21-23(27)26(25(32)33-21)22(16(2)3)24(28)29/h12-17,22H,6-11H2,1-5H3,(H,28,29)/b21-15+/t17-,22-/m0/s1. The Morgan fingerprint density at radius 1 is 1.18 bits per heavy atom. The Hall–Kier alpha value is -2.06. The topological polar surface area (TPSA) is 76.1 Å². The number of thiocarbonyl (C=S) groups is 1.